The van der Waals surface area contributed by atoms with Gasteiger partial charge in [0.15, 0.2) is 0 Å². The molecule has 1 saturated carbocycles. The number of carbonyl (C=O) groups excluding carboxylic acids is 1. The fraction of sp³-hybridized carbons (Fsp3) is 0.923. The molecule has 1 fully saturated rings. The Kier molecular flexibility index (Phi) is 5.25. The zero-order valence-electron chi connectivity index (χ0n) is 10.9. The molecule has 0 radical (unpaired) electrons. The molecule has 0 heterocycles. The summed E-state index contributed by atoms with van der Waals surface area (Å²) in [5.41, 5.74) is 4.58. The Hall–Kier alpha value is -0.770. The molecule has 1 aliphatic rings. The lowest BCUT2D eigenvalue weighted by molar-refractivity contribution is 0.0315. The fourth-order valence-electron chi connectivity index (χ4n) is 2.58. The van der Waals surface area contributed by atoms with E-state index in [9.17, 15) is 4.79 Å². The number of aliphatic hydroxyl groups is 1. The number of hydrogen-bond acceptors (Lipinski definition) is 3. The molecular formula is C13H25NO3. The van der Waals surface area contributed by atoms with Gasteiger partial charge in [0.25, 0.3) is 0 Å². The molecule has 17 heavy (non-hydrogen) atoms. The van der Waals surface area contributed by atoms with Crippen LogP contribution < -0.4 is 5.73 Å². The molecule has 1 aliphatic carbocycles. The van der Waals surface area contributed by atoms with Crippen LogP contribution in [0.2, 0.25) is 0 Å². The van der Waals surface area contributed by atoms with Gasteiger partial charge in [0.1, 0.15) is 5.60 Å². The van der Waals surface area contributed by atoms with Crippen molar-refractivity contribution >= 4 is 6.09 Å². The van der Waals surface area contributed by atoms with E-state index in [-0.39, 0.29) is 0 Å². The Morgan fingerprint density at radius 3 is 2.29 bits per heavy atom. The molecule has 4 heteroatoms. The molecule has 0 aromatic rings. The maximum atomic E-state index is 10.7. The van der Waals surface area contributed by atoms with Crippen LogP contribution in [0.25, 0.3) is 0 Å². The first-order chi connectivity index (χ1) is 7.93. The van der Waals surface area contributed by atoms with Crippen molar-refractivity contribution in [3.63, 3.8) is 0 Å². The predicted octanol–water partition coefficient (Wildman–Crippen LogP) is 2.44. The third-order valence-corrected chi connectivity index (χ3v) is 3.76. The van der Waals surface area contributed by atoms with E-state index < -0.39 is 11.7 Å². The second kappa shape index (κ2) is 6.24. The van der Waals surface area contributed by atoms with Crippen molar-refractivity contribution in [1.82, 2.24) is 0 Å². The third-order valence-electron chi connectivity index (χ3n) is 3.76. The summed E-state index contributed by atoms with van der Waals surface area (Å²) in [4.78, 5) is 10.7. The Morgan fingerprint density at radius 2 is 1.82 bits per heavy atom. The largest absolute Gasteiger partial charge is 0.444 e. The number of hydrogen-bond donors (Lipinski definition) is 2. The van der Waals surface area contributed by atoms with Crippen molar-refractivity contribution in [2.75, 3.05) is 6.61 Å². The highest BCUT2D eigenvalue weighted by atomic mass is 16.6. The summed E-state index contributed by atoms with van der Waals surface area (Å²) < 4.78 is 5.07. The lowest BCUT2D eigenvalue weighted by Crippen LogP contribution is -2.32. The van der Waals surface area contributed by atoms with Gasteiger partial charge in [0.05, 0.1) is 0 Å². The molecule has 0 aromatic heterocycles. The predicted molar refractivity (Wildman–Crippen MR) is 66.5 cm³/mol. The first-order valence-electron chi connectivity index (χ1n) is 6.52. The Bertz CT molecular complexity index is 245. The molecule has 0 aliphatic heterocycles. The zero-order valence-corrected chi connectivity index (χ0v) is 10.9. The summed E-state index contributed by atoms with van der Waals surface area (Å²) in [6.07, 6.45) is 5.83. The Labute approximate surface area is 104 Å². The van der Waals surface area contributed by atoms with Crippen LogP contribution in [0.15, 0.2) is 0 Å². The highest BCUT2D eigenvalue weighted by molar-refractivity contribution is 5.65. The molecule has 0 spiro atoms. The average Bonchev–Trinajstić information content (AvgIpc) is 2.25. The second-order valence-electron chi connectivity index (χ2n) is 5.79. The van der Waals surface area contributed by atoms with Crippen LogP contribution in [-0.2, 0) is 4.74 Å². The topological polar surface area (TPSA) is 72.6 Å². The molecule has 0 unspecified atom stereocenters. The minimum atomic E-state index is -0.695. The van der Waals surface area contributed by atoms with E-state index in [0.717, 1.165) is 25.7 Å². The molecule has 0 aromatic carbocycles. The minimum absolute atomic E-state index is 0.322. The molecule has 100 valence electrons. The van der Waals surface area contributed by atoms with Gasteiger partial charge in [-0.15, -0.1) is 0 Å². The van der Waals surface area contributed by atoms with Crippen LogP contribution in [0.4, 0.5) is 4.79 Å². The summed E-state index contributed by atoms with van der Waals surface area (Å²) in [6.45, 7) is 4.12. The number of carbonyl (C=O) groups is 1. The SMILES string of the molecule is CC(C)(CCC1CCC(CO)CC1)OC(N)=O. The third kappa shape index (κ3) is 5.39. The number of aliphatic hydroxyl groups excluding tert-OH is 1. The number of primary amides is 1. The summed E-state index contributed by atoms with van der Waals surface area (Å²) in [5, 5.41) is 9.06. The normalized spacial score (nSPS) is 25.6. The van der Waals surface area contributed by atoms with E-state index in [1.54, 1.807) is 0 Å². The van der Waals surface area contributed by atoms with Gasteiger partial charge >= 0.3 is 6.09 Å². The van der Waals surface area contributed by atoms with E-state index in [0.29, 0.717) is 18.4 Å². The van der Waals surface area contributed by atoms with Crippen LogP contribution in [0.1, 0.15) is 52.4 Å². The first-order valence-corrected chi connectivity index (χ1v) is 6.52. The van der Waals surface area contributed by atoms with Crippen molar-refractivity contribution in [3.05, 3.63) is 0 Å². The van der Waals surface area contributed by atoms with Crippen LogP contribution in [0.5, 0.6) is 0 Å². The average molecular weight is 243 g/mol. The quantitative estimate of drug-likeness (QED) is 0.779. The molecule has 4 nitrogen and oxygen atoms in total. The van der Waals surface area contributed by atoms with Crippen molar-refractivity contribution in [3.8, 4) is 0 Å². The minimum Gasteiger partial charge on any atom is -0.444 e. The molecule has 0 saturated heterocycles. The Morgan fingerprint density at radius 1 is 1.29 bits per heavy atom. The van der Waals surface area contributed by atoms with Crippen LogP contribution >= 0.6 is 0 Å². The van der Waals surface area contributed by atoms with Gasteiger partial charge in [-0.1, -0.05) is 12.8 Å². The van der Waals surface area contributed by atoms with Gasteiger partial charge in [-0.05, 0) is 51.4 Å². The van der Waals surface area contributed by atoms with E-state index >= 15 is 0 Å². The first kappa shape index (κ1) is 14.3. The van der Waals surface area contributed by atoms with Crippen LogP contribution in [0, 0.1) is 11.8 Å². The van der Waals surface area contributed by atoms with Crippen molar-refractivity contribution in [2.24, 2.45) is 17.6 Å². The number of ether oxygens (including phenoxy) is 1. The molecule has 1 amide bonds. The maximum absolute atomic E-state index is 10.7. The fourth-order valence-corrected chi connectivity index (χ4v) is 2.58. The maximum Gasteiger partial charge on any atom is 0.405 e. The van der Waals surface area contributed by atoms with Gasteiger partial charge in [-0.3, -0.25) is 0 Å². The van der Waals surface area contributed by atoms with Gasteiger partial charge in [-0.2, -0.15) is 0 Å². The van der Waals surface area contributed by atoms with E-state index in [1.165, 1.54) is 12.8 Å². The number of amides is 1. The highest BCUT2D eigenvalue weighted by Gasteiger charge is 2.26. The number of rotatable bonds is 5. The number of nitrogens with two attached hydrogens (primary N) is 1. The van der Waals surface area contributed by atoms with Crippen molar-refractivity contribution in [1.29, 1.82) is 0 Å². The second-order valence-corrected chi connectivity index (χ2v) is 5.79. The van der Waals surface area contributed by atoms with Gasteiger partial charge in [-0.25, -0.2) is 4.79 Å². The molecule has 0 atom stereocenters. The van der Waals surface area contributed by atoms with E-state index in [4.69, 9.17) is 15.6 Å². The summed E-state index contributed by atoms with van der Waals surface area (Å²) in [7, 11) is 0. The monoisotopic (exact) mass is 243 g/mol. The van der Waals surface area contributed by atoms with Crippen molar-refractivity contribution < 1.29 is 14.6 Å². The van der Waals surface area contributed by atoms with Crippen molar-refractivity contribution in [2.45, 2.75) is 58.0 Å². The standard InChI is InChI=1S/C13H25NO3/c1-13(2,17-12(14)16)8-7-10-3-5-11(9-15)6-4-10/h10-11,15H,3-9H2,1-2H3,(H2,14,16). The highest BCUT2D eigenvalue weighted by Crippen LogP contribution is 2.33. The van der Waals surface area contributed by atoms with E-state index in [1.807, 2.05) is 13.8 Å². The smallest absolute Gasteiger partial charge is 0.405 e. The van der Waals surface area contributed by atoms with Gasteiger partial charge in [0.2, 0.25) is 0 Å². The summed E-state index contributed by atoms with van der Waals surface area (Å²) in [6, 6.07) is 0. The van der Waals surface area contributed by atoms with E-state index in [2.05, 4.69) is 0 Å². The lowest BCUT2D eigenvalue weighted by atomic mass is 9.79. The summed E-state index contributed by atoms with van der Waals surface area (Å²) >= 11 is 0. The molecule has 0 bridgehead atoms. The summed E-state index contributed by atoms with van der Waals surface area (Å²) in [5.74, 6) is 1.20. The van der Waals surface area contributed by atoms with Gasteiger partial charge < -0.3 is 15.6 Å². The molecule has 1 rings (SSSR count). The zero-order chi connectivity index (χ0) is 12.9. The Balaban J connectivity index is 2.25. The van der Waals surface area contributed by atoms with Gasteiger partial charge in [0, 0.05) is 6.61 Å². The van der Waals surface area contributed by atoms with Crippen LogP contribution in [0.3, 0.4) is 0 Å². The molecule has 3 N–H and O–H groups in total. The molecular weight excluding hydrogens is 218 g/mol. The lowest BCUT2D eigenvalue weighted by Gasteiger charge is -2.30. The van der Waals surface area contributed by atoms with Crippen LogP contribution in [-0.4, -0.2) is 23.4 Å².